The summed E-state index contributed by atoms with van der Waals surface area (Å²) in [5.41, 5.74) is 2.89. The highest BCUT2D eigenvalue weighted by Crippen LogP contribution is 2.29. The third kappa shape index (κ3) is 6.11. The highest BCUT2D eigenvalue weighted by Gasteiger charge is 2.38. The van der Waals surface area contributed by atoms with Crippen LogP contribution in [0.3, 0.4) is 0 Å². The lowest BCUT2D eigenvalue weighted by Crippen LogP contribution is -2.55. The molecule has 1 aliphatic carbocycles. The third-order valence-electron chi connectivity index (χ3n) is 7.10. The van der Waals surface area contributed by atoms with Crippen LogP contribution in [0.15, 0.2) is 41.7 Å². The maximum Gasteiger partial charge on any atom is 0.336 e. The van der Waals surface area contributed by atoms with E-state index >= 15 is 0 Å². The topological polar surface area (TPSA) is 141 Å². The summed E-state index contributed by atoms with van der Waals surface area (Å²) in [7, 11) is -3.96. The number of ketones is 1. The van der Waals surface area contributed by atoms with Gasteiger partial charge in [-0.2, -0.15) is 4.31 Å². The molecule has 1 saturated carbocycles. The molecular weight excluding hydrogens is 484 g/mol. The molecule has 0 bridgehead atoms. The van der Waals surface area contributed by atoms with Gasteiger partial charge in [-0.05, 0) is 44.2 Å². The van der Waals surface area contributed by atoms with Gasteiger partial charge in [0.25, 0.3) is 10.0 Å². The Labute approximate surface area is 211 Å². The molecule has 36 heavy (non-hydrogen) atoms. The van der Waals surface area contributed by atoms with Crippen molar-refractivity contribution in [3.8, 4) is 0 Å². The molecule has 1 aromatic heterocycles. The fourth-order valence-corrected chi connectivity index (χ4v) is 6.59. The van der Waals surface area contributed by atoms with Gasteiger partial charge in [0, 0.05) is 25.0 Å². The molecule has 11 nitrogen and oxygen atoms in total. The number of carbonyl (C=O) groups excluding carboxylic acids is 3. The average molecular weight is 519 g/mol. The number of Topliss-reactive ketones (excluding diaryl/α,β-unsaturated/α-hetero) is 1. The maximum atomic E-state index is 13.3. The summed E-state index contributed by atoms with van der Waals surface area (Å²) in [6, 6.07) is 2.10. The van der Waals surface area contributed by atoms with Gasteiger partial charge in [0.15, 0.2) is 10.8 Å². The summed E-state index contributed by atoms with van der Waals surface area (Å²) >= 11 is 0. The molecule has 2 aliphatic heterocycles. The van der Waals surface area contributed by atoms with Crippen LogP contribution < -0.4 is 16.1 Å². The number of nitrogens with one attached hydrogen (secondary N) is 3. The van der Waals surface area contributed by atoms with Crippen molar-refractivity contribution in [2.75, 3.05) is 13.1 Å². The van der Waals surface area contributed by atoms with Crippen LogP contribution in [0.5, 0.6) is 0 Å². The first-order valence-electron chi connectivity index (χ1n) is 12.5. The van der Waals surface area contributed by atoms with Crippen LogP contribution in [0, 0.1) is 5.92 Å². The Morgan fingerprint density at radius 3 is 2.64 bits per heavy atom. The van der Waals surface area contributed by atoms with Gasteiger partial charge in [-0.25, -0.2) is 28.6 Å². The highest BCUT2D eigenvalue weighted by molar-refractivity contribution is 7.89. The van der Waals surface area contributed by atoms with Gasteiger partial charge in [-0.1, -0.05) is 37.8 Å². The third-order valence-corrected chi connectivity index (χ3v) is 8.98. The number of urea groups is 1. The van der Waals surface area contributed by atoms with Crippen molar-refractivity contribution in [3.63, 3.8) is 0 Å². The number of hydrogen-bond acceptors (Lipinski definition) is 7. The number of rotatable bonds is 7. The molecule has 12 heteroatoms. The standard InChI is InChI=1S/C24H34N6O5S/c1-17-10-11-19(21(31)16-30(17)36(34,35)22-9-4-5-12-25-22)27-23(32)20(15-18-7-2-3-8-18)28-24(33)29-14-6-13-26-29/h4-6,9,12,14,17-20,26H,2-3,7-8,10-11,13,15-16H2,1H3,(H,27,32)(H,28,33)/t17-,19+,20+/m1/s1. The number of sulfonamides is 1. The summed E-state index contributed by atoms with van der Waals surface area (Å²) < 4.78 is 27.4. The molecule has 196 valence electrons. The molecule has 0 unspecified atom stereocenters. The van der Waals surface area contributed by atoms with E-state index in [2.05, 4.69) is 21.0 Å². The van der Waals surface area contributed by atoms with E-state index in [1.54, 1.807) is 31.3 Å². The first kappa shape index (κ1) is 26.2. The SMILES string of the molecule is C[C@@H]1CC[C@H](NC(=O)[C@H](CC2CCCC2)NC(=O)N2C=CCN2)C(=O)CN1S(=O)(=O)c1ccccn1. The molecule has 3 N–H and O–H groups in total. The molecule has 4 rings (SSSR count). The predicted octanol–water partition coefficient (Wildman–Crippen LogP) is 1.30. The molecule has 3 atom stereocenters. The highest BCUT2D eigenvalue weighted by atomic mass is 32.2. The van der Waals surface area contributed by atoms with E-state index < -0.39 is 40.1 Å². The lowest BCUT2D eigenvalue weighted by atomic mass is 9.97. The largest absolute Gasteiger partial charge is 0.344 e. The summed E-state index contributed by atoms with van der Waals surface area (Å²) in [5.74, 6) is -0.486. The van der Waals surface area contributed by atoms with Crippen LogP contribution in [-0.2, 0) is 19.6 Å². The second-order valence-electron chi connectivity index (χ2n) is 9.68. The van der Waals surface area contributed by atoms with Gasteiger partial charge < -0.3 is 10.6 Å². The minimum atomic E-state index is -3.96. The lowest BCUT2D eigenvalue weighted by Gasteiger charge is -2.26. The number of pyridine rings is 1. The van der Waals surface area contributed by atoms with Gasteiger partial charge in [0.2, 0.25) is 5.91 Å². The fraction of sp³-hybridized carbons (Fsp3) is 0.583. The molecule has 3 aliphatic rings. The second kappa shape index (κ2) is 11.5. The van der Waals surface area contributed by atoms with Gasteiger partial charge in [-0.3, -0.25) is 9.59 Å². The number of nitrogens with zero attached hydrogens (tertiary/aromatic N) is 3. The van der Waals surface area contributed by atoms with Crippen LogP contribution in [0.25, 0.3) is 0 Å². The first-order chi connectivity index (χ1) is 17.3. The average Bonchev–Trinajstić information content (AvgIpc) is 3.57. The van der Waals surface area contributed by atoms with E-state index in [0.29, 0.717) is 31.7 Å². The molecule has 2 fully saturated rings. The van der Waals surface area contributed by atoms with Crippen molar-refractivity contribution >= 4 is 27.7 Å². The number of amides is 3. The van der Waals surface area contributed by atoms with E-state index in [1.807, 2.05) is 0 Å². The first-order valence-corrected chi connectivity index (χ1v) is 14.0. The number of aromatic nitrogens is 1. The molecule has 0 aromatic carbocycles. The molecule has 1 saturated heterocycles. The van der Waals surface area contributed by atoms with Crippen LogP contribution in [0.2, 0.25) is 0 Å². The number of hydrazine groups is 1. The van der Waals surface area contributed by atoms with Gasteiger partial charge in [-0.15, -0.1) is 0 Å². The Bertz CT molecular complexity index is 1090. The monoisotopic (exact) mass is 518 g/mol. The molecule has 0 spiro atoms. The normalized spacial score (nSPS) is 24.5. The smallest absolute Gasteiger partial charge is 0.336 e. The van der Waals surface area contributed by atoms with Crippen molar-refractivity contribution in [1.29, 1.82) is 0 Å². The zero-order valence-electron chi connectivity index (χ0n) is 20.4. The Morgan fingerprint density at radius 1 is 1.19 bits per heavy atom. The zero-order valence-corrected chi connectivity index (χ0v) is 21.2. The van der Waals surface area contributed by atoms with Crippen LogP contribution in [-0.4, -0.2) is 71.7 Å². The van der Waals surface area contributed by atoms with Crippen LogP contribution in [0.4, 0.5) is 4.79 Å². The van der Waals surface area contributed by atoms with Crippen LogP contribution >= 0.6 is 0 Å². The summed E-state index contributed by atoms with van der Waals surface area (Å²) in [6.45, 7) is 1.92. The Balaban J connectivity index is 1.44. The van der Waals surface area contributed by atoms with Gasteiger partial charge in [0.05, 0.1) is 12.6 Å². The van der Waals surface area contributed by atoms with E-state index in [1.165, 1.54) is 17.3 Å². The maximum absolute atomic E-state index is 13.3. The zero-order chi connectivity index (χ0) is 25.7. The summed E-state index contributed by atoms with van der Waals surface area (Å²) in [4.78, 5) is 43.0. The van der Waals surface area contributed by atoms with Gasteiger partial charge in [0.1, 0.15) is 6.04 Å². The quantitative estimate of drug-likeness (QED) is 0.494. The second-order valence-corrected chi connectivity index (χ2v) is 11.5. The number of carbonyl (C=O) groups is 3. The minimum absolute atomic E-state index is 0.115. The van der Waals surface area contributed by atoms with Gasteiger partial charge >= 0.3 is 6.03 Å². The minimum Gasteiger partial charge on any atom is -0.344 e. The number of hydrogen-bond donors (Lipinski definition) is 3. The molecule has 1 aromatic rings. The lowest BCUT2D eigenvalue weighted by molar-refractivity contribution is -0.129. The van der Waals surface area contributed by atoms with E-state index in [4.69, 9.17) is 0 Å². The predicted molar refractivity (Wildman–Crippen MR) is 132 cm³/mol. The van der Waals surface area contributed by atoms with E-state index in [0.717, 1.165) is 30.0 Å². The molecule has 3 heterocycles. The molecule has 3 amide bonds. The van der Waals surface area contributed by atoms with E-state index in [-0.39, 0.29) is 17.4 Å². The summed E-state index contributed by atoms with van der Waals surface area (Å²) in [5, 5.41) is 6.80. The van der Waals surface area contributed by atoms with Crippen LogP contribution in [0.1, 0.15) is 51.9 Å². The summed E-state index contributed by atoms with van der Waals surface area (Å²) in [6.07, 6.45) is 10.2. The molecular formula is C24H34N6O5S. The van der Waals surface area contributed by atoms with Crippen molar-refractivity contribution in [1.82, 2.24) is 30.4 Å². The van der Waals surface area contributed by atoms with Crippen molar-refractivity contribution in [2.24, 2.45) is 5.92 Å². The van der Waals surface area contributed by atoms with Crippen molar-refractivity contribution < 1.29 is 22.8 Å². The fourth-order valence-electron chi connectivity index (χ4n) is 5.03. The molecule has 0 radical (unpaired) electrons. The Morgan fingerprint density at radius 2 is 1.97 bits per heavy atom. The Hall–Kier alpha value is -2.83. The van der Waals surface area contributed by atoms with E-state index in [9.17, 15) is 22.8 Å². The Kier molecular flexibility index (Phi) is 8.37. The van der Waals surface area contributed by atoms with Crippen molar-refractivity contribution in [3.05, 3.63) is 36.7 Å². The van der Waals surface area contributed by atoms with Crippen molar-refractivity contribution in [2.45, 2.75) is 75.0 Å².